The fourth-order valence-electron chi connectivity index (χ4n) is 1.11. The first-order valence-corrected chi connectivity index (χ1v) is 4.28. The van der Waals surface area contributed by atoms with E-state index >= 15 is 0 Å². The number of para-hydroxylation sites is 1. The number of nitrogens with one attached hydrogen (secondary N) is 1. The van der Waals surface area contributed by atoms with Gasteiger partial charge in [0.05, 0.1) is 5.69 Å². The van der Waals surface area contributed by atoms with E-state index in [1.165, 1.54) is 0 Å². The van der Waals surface area contributed by atoms with Gasteiger partial charge in [-0.25, -0.2) is 4.79 Å². The minimum absolute atomic E-state index is 0.348. The third-order valence-electron chi connectivity index (χ3n) is 1.69. The number of cyclic esters (lactones) is 1. The van der Waals surface area contributed by atoms with Crippen molar-refractivity contribution in [2.45, 2.75) is 6.61 Å². The molecule has 2 rings (SSSR count). The number of ether oxygens (including phenoxy) is 1. The first-order valence-electron chi connectivity index (χ1n) is 3.48. The van der Waals surface area contributed by atoms with E-state index in [0.717, 1.165) is 15.7 Å². The molecule has 1 N–H and O–H groups in total. The highest BCUT2D eigenvalue weighted by atomic mass is 79.9. The van der Waals surface area contributed by atoms with Gasteiger partial charge in [-0.15, -0.1) is 0 Å². The Hall–Kier alpha value is -1.03. The molecule has 1 amide bonds. The second-order valence-corrected chi connectivity index (χ2v) is 3.33. The lowest BCUT2D eigenvalue weighted by Gasteiger charge is -2.17. The Morgan fingerprint density at radius 1 is 1.50 bits per heavy atom. The molecule has 3 nitrogen and oxygen atoms in total. The van der Waals surface area contributed by atoms with Crippen molar-refractivity contribution in [3.05, 3.63) is 28.2 Å². The number of hydrogen-bond acceptors (Lipinski definition) is 2. The Morgan fingerprint density at radius 3 is 3.17 bits per heavy atom. The number of halogens is 1. The van der Waals surface area contributed by atoms with Crippen LogP contribution in [0.2, 0.25) is 0 Å². The Balaban J connectivity index is 2.50. The molecule has 12 heavy (non-hydrogen) atoms. The van der Waals surface area contributed by atoms with Crippen molar-refractivity contribution in [2.75, 3.05) is 5.32 Å². The molecule has 0 radical (unpaired) electrons. The molecule has 0 fully saturated rings. The molecule has 0 unspecified atom stereocenters. The summed E-state index contributed by atoms with van der Waals surface area (Å²) in [7, 11) is 0. The van der Waals surface area contributed by atoms with Crippen LogP contribution in [0.4, 0.5) is 10.5 Å². The number of hydrogen-bond donors (Lipinski definition) is 1. The Bertz CT molecular complexity index is 338. The summed E-state index contributed by atoms with van der Waals surface area (Å²) in [5.41, 5.74) is 1.80. The maximum atomic E-state index is 10.8. The largest absolute Gasteiger partial charge is 0.444 e. The zero-order valence-electron chi connectivity index (χ0n) is 6.13. The summed E-state index contributed by atoms with van der Waals surface area (Å²) < 4.78 is 5.67. The molecular weight excluding hydrogens is 222 g/mol. The predicted octanol–water partition coefficient (Wildman–Crippen LogP) is 2.51. The molecule has 0 saturated carbocycles. The first-order chi connectivity index (χ1) is 5.77. The highest BCUT2D eigenvalue weighted by Gasteiger charge is 2.16. The number of anilines is 1. The van der Waals surface area contributed by atoms with E-state index in [4.69, 9.17) is 4.74 Å². The topological polar surface area (TPSA) is 38.3 Å². The Kier molecular flexibility index (Phi) is 1.77. The van der Waals surface area contributed by atoms with Crippen LogP contribution in [0, 0.1) is 0 Å². The molecule has 1 aromatic carbocycles. The van der Waals surface area contributed by atoms with Gasteiger partial charge in [0.1, 0.15) is 6.61 Å². The van der Waals surface area contributed by atoms with Gasteiger partial charge < -0.3 is 4.74 Å². The van der Waals surface area contributed by atoms with Gasteiger partial charge in [0.25, 0.3) is 0 Å². The van der Waals surface area contributed by atoms with Gasteiger partial charge in [0.15, 0.2) is 0 Å². The summed E-state index contributed by atoms with van der Waals surface area (Å²) in [6.07, 6.45) is -0.394. The number of carbonyl (C=O) groups is 1. The van der Waals surface area contributed by atoms with Crippen LogP contribution in [0.15, 0.2) is 22.7 Å². The molecule has 62 valence electrons. The molecule has 0 aromatic heterocycles. The lowest BCUT2D eigenvalue weighted by Crippen LogP contribution is -2.20. The van der Waals surface area contributed by atoms with Crippen LogP contribution in [0.25, 0.3) is 0 Å². The number of benzene rings is 1. The van der Waals surface area contributed by atoms with E-state index in [1.807, 2.05) is 18.2 Å². The van der Waals surface area contributed by atoms with Crippen molar-refractivity contribution in [1.29, 1.82) is 0 Å². The van der Waals surface area contributed by atoms with Gasteiger partial charge in [0, 0.05) is 10.0 Å². The number of carbonyl (C=O) groups excluding carboxylic acids is 1. The zero-order chi connectivity index (χ0) is 8.55. The van der Waals surface area contributed by atoms with E-state index in [1.54, 1.807) is 0 Å². The maximum absolute atomic E-state index is 10.8. The summed E-state index contributed by atoms with van der Waals surface area (Å²) in [5.74, 6) is 0. The normalized spacial score (nSPS) is 14.6. The third-order valence-corrected chi connectivity index (χ3v) is 2.35. The van der Waals surface area contributed by atoms with Crippen LogP contribution >= 0.6 is 15.9 Å². The van der Waals surface area contributed by atoms with Gasteiger partial charge in [-0.05, 0) is 22.0 Å². The zero-order valence-corrected chi connectivity index (χ0v) is 7.72. The van der Waals surface area contributed by atoms with Crippen molar-refractivity contribution in [2.24, 2.45) is 0 Å². The molecule has 0 saturated heterocycles. The van der Waals surface area contributed by atoms with E-state index in [0.29, 0.717) is 6.61 Å². The second-order valence-electron chi connectivity index (χ2n) is 2.48. The van der Waals surface area contributed by atoms with Gasteiger partial charge in [-0.1, -0.05) is 12.1 Å². The van der Waals surface area contributed by atoms with Crippen molar-refractivity contribution < 1.29 is 9.53 Å². The quantitative estimate of drug-likeness (QED) is 0.740. The van der Waals surface area contributed by atoms with E-state index in [-0.39, 0.29) is 0 Å². The summed E-state index contributed by atoms with van der Waals surface area (Å²) in [6.45, 7) is 0.348. The smallest absolute Gasteiger partial charge is 0.412 e. The second kappa shape index (κ2) is 2.79. The van der Waals surface area contributed by atoms with Crippen LogP contribution in [0.1, 0.15) is 5.56 Å². The monoisotopic (exact) mass is 227 g/mol. The minimum atomic E-state index is -0.394. The lowest BCUT2D eigenvalue weighted by atomic mass is 10.2. The fraction of sp³-hybridized carbons (Fsp3) is 0.125. The summed E-state index contributed by atoms with van der Waals surface area (Å²) in [6, 6.07) is 5.70. The molecule has 0 aliphatic carbocycles. The van der Waals surface area contributed by atoms with Crippen LogP contribution in [-0.2, 0) is 11.3 Å². The fourth-order valence-corrected chi connectivity index (χ4v) is 1.62. The minimum Gasteiger partial charge on any atom is -0.444 e. The SMILES string of the molecule is O=C1Nc2c(Br)cccc2CO1. The van der Waals surface area contributed by atoms with Crippen molar-refractivity contribution in [3.8, 4) is 0 Å². The van der Waals surface area contributed by atoms with Crippen LogP contribution in [0.3, 0.4) is 0 Å². The van der Waals surface area contributed by atoms with Crippen LogP contribution in [-0.4, -0.2) is 6.09 Å². The predicted molar refractivity (Wildman–Crippen MR) is 47.9 cm³/mol. The molecule has 1 aliphatic heterocycles. The summed E-state index contributed by atoms with van der Waals surface area (Å²) in [4.78, 5) is 10.8. The highest BCUT2D eigenvalue weighted by molar-refractivity contribution is 9.10. The standard InChI is InChI=1S/C8H6BrNO2/c9-6-3-1-2-5-4-12-8(11)10-7(5)6/h1-3H,4H2,(H,10,11). The maximum Gasteiger partial charge on any atom is 0.412 e. The Morgan fingerprint density at radius 2 is 2.33 bits per heavy atom. The summed E-state index contributed by atoms with van der Waals surface area (Å²) in [5, 5.41) is 2.62. The molecule has 1 aromatic rings. The van der Waals surface area contributed by atoms with Crippen molar-refractivity contribution in [3.63, 3.8) is 0 Å². The number of amides is 1. The van der Waals surface area contributed by atoms with Crippen molar-refractivity contribution >= 4 is 27.7 Å². The molecular formula is C8H6BrNO2. The molecule has 4 heteroatoms. The van der Waals surface area contributed by atoms with E-state index in [2.05, 4.69) is 21.2 Å². The van der Waals surface area contributed by atoms with Crippen LogP contribution in [0.5, 0.6) is 0 Å². The van der Waals surface area contributed by atoms with Gasteiger partial charge in [0.2, 0.25) is 0 Å². The molecule has 0 atom stereocenters. The van der Waals surface area contributed by atoms with Gasteiger partial charge in [-0.3, -0.25) is 5.32 Å². The van der Waals surface area contributed by atoms with Gasteiger partial charge in [-0.2, -0.15) is 0 Å². The average molecular weight is 228 g/mol. The third kappa shape index (κ3) is 1.18. The molecule has 0 bridgehead atoms. The highest BCUT2D eigenvalue weighted by Crippen LogP contribution is 2.29. The summed E-state index contributed by atoms with van der Waals surface area (Å²) >= 11 is 3.34. The Labute approximate surface area is 77.8 Å². The average Bonchev–Trinajstić information content (AvgIpc) is 2.07. The van der Waals surface area contributed by atoms with Gasteiger partial charge >= 0.3 is 6.09 Å². The molecule has 0 spiro atoms. The number of rotatable bonds is 0. The van der Waals surface area contributed by atoms with E-state index in [9.17, 15) is 4.79 Å². The van der Waals surface area contributed by atoms with Crippen LogP contribution < -0.4 is 5.32 Å². The van der Waals surface area contributed by atoms with E-state index < -0.39 is 6.09 Å². The molecule has 1 aliphatic rings. The lowest BCUT2D eigenvalue weighted by molar-refractivity contribution is 0.151. The number of fused-ring (bicyclic) bond motifs is 1. The van der Waals surface area contributed by atoms with Crippen molar-refractivity contribution in [1.82, 2.24) is 0 Å². The molecule has 1 heterocycles. The first kappa shape index (κ1) is 7.61.